The molecule has 0 bridgehead atoms. The van der Waals surface area contributed by atoms with E-state index in [4.69, 9.17) is 5.11 Å². The van der Waals surface area contributed by atoms with Gasteiger partial charge in [0.25, 0.3) is 0 Å². The number of halogens is 2. The molecule has 0 aliphatic carbocycles. The number of carbonyl (C=O) groups excluding carboxylic acids is 1. The zero-order valence-electron chi connectivity index (χ0n) is 11.0. The van der Waals surface area contributed by atoms with Gasteiger partial charge in [0.15, 0.2) is 0 Å². The number of aliphatic hydroxyl groups is 1. The average Bonchev–Trinajstić information content (AvgIpc) is 2.38. The number of hydrogen-bond acceptors (Lipinski definition) is 2. The van der Waals surface area contributed by atoms with E-state index in [1.54, 1.807) is 0 Å². The molecular formula is C14H19F2NO2. The van der Waals surface area contributed by atoms with Crippen LogP contribution in [0.5, 0.6) is 0 Å². The molecule has 19 heavy (non-hydrogen) atoms. The number of aliphatic hydroxyl groups excluding tert-OH is 1. The van der Waals surface area contributed by atoms with Gasteiger partial charge < -0.3 is 10.4 Å². The van der Waals surface area contributed by atoms with Gasteiger partial charge in [-0.25, -0.2) is 8.78 Å². The van der Waals surface area contributed by atoms with Gasteiger partial charge in [-0.2, -0.15) is 0 Å². The molecule has 0 aliphatic heterocycles. The predicted molar refractivity (Wildman–Crippen MR) is 68.6 cm³/mol. The number of hydrogen-bond donors (Lipinski definition) is 2. The summed E-state index contributed by atoms with van der Waals surface area (Å²) in [5.41, 5.74) is 0.207. The maximum Gasteiger partial charge on any atom is 0.220 e. The molecule has 106 valence electrons. The van der Waals surface area contributed by atoms with Gasteiger partial charge in [0.05, 0.1) is 0 Å². The maximum absolute atomic E-state index is 13.3. The molecule has 1 rings (SSSR count). The first-order chi connectivity index (χ1) is 9.02. The SMILES string of the molecule is CC(CCO)CNC(=O)CCc1cc(F)ccc1F. The highest BCUT2D eigenvalue weighted by Crippen LogP contribution is 2.11. The summed E-state index contributed by atoms with van der Waals surface area (Å²) >= 11 is 0. The molecule has 0 fully saturated rings. The van der Waals surface area contributed by atoms with Crippen LogP contribution in [-0.2, 0) is 11.2 Å². The van der Waals surface area contributed by atoms with Crippen molar-refractivity contribution in [1.82, 2.24) is 5.32 Å². The molecule has 0 aromatic heterocycles. The Kier molecular flexibility index (Phi) is 6.42. The van der Waals surface area contributed by atoms with Gasteiger partial charge in [0.2, 0.25) is 5.91 Å². The van der Waals surface area contributed by atoms with Gasteiger partial charge in [-0.3, -0.25) is 4.79 Å². The van der Waals surface area contributed by atoms with E-state index in [1.165, 1.54) is 0 Å². The average molecular weight is 271 g/mol. The molecule has 3 nitrogen and oxygen atoms in total. The number of amides is 1. The normalized spacial score (nSPS) is 12.2. The van der Waals surface area contributed by atoms with E-state index >= 15 is 0 Å². The van der Waals surface area contributed by atoms with Crippen LogP contribution in [0.25, 0.3) is 0 Å². The number of carbonyl (C=O) groups is 1. The van der Waals surface area contributed by atoms with Crippen LogP contribution in [0.1, 0.15) is 25.3 Å². The molecule has 5 heteroatoms. The first kappa shape index (κ1) is 15.6. The lowest BCUT2D eigenvalue weighted by atomic mass is 10.1. The minimum Gasteiger partial charge on any atom is -0.396 e. The molecule has 0 spiro atoms. The zero-order chi connectivity index (χ0) is 14.3. The Labute approximate surface area is 111 Å². The fourth-order valence-corrected chi connectivity index (χ4v) is 1.68. The number of rotatable bonds is 7. The molecule has 0 saturated carbocycles. The summed E-state index contributed by atoms with van der Waals surface area (Å²) in [5, 5.41) is 11.4. The monoisotopic (exact) mass is 271 g/mol. The van der Waals surface area contributed by atoms with Crippen molar-refractivity contribution in [1.29, 1.82) is 0 Å². The summed E-state index contributed by atoms with van der Waals surface area (Å²) in [5.74, 6) is -1.01. The van der Waals surface area contributed by atoms with Gasteiger partial charge in [0, 0.05) is 19.6 Å². The van der Waals surface area contributed by atoms with Crippen molar-refractivity contribution in [3.05, 3.63) is 35.4 Å². The van der Waals surface area contributed by atoms with E-state index in [-0.39, 0.29) is 36.8 Å². The standard InChI is InChI=1S/C14H19F2NO2/c1-10(6-7-18)9-17-14(19)5-2-11-8-12(15)3-4-13(11)16/h3-4,8,10,18H,2,5-7,9H2,1H3,(H,17,19). The summed E-state index contributed by atoms with van der Waals surface area (Å²) in [6.07, 6.45) is 0.912. The van der Waals surface area contributed by atoms with E-state index in [9.17, 15) is 13.6 Å². The molecule has 1 amide bonds. The molecular weight excluding hydrogens is 252 g/mol. The number of benzene rings is 1. The van der Waals surface area contributed by atoms with Gasteiger partial charge >= 0.3 is 0 Å². The minimum absolute atomic E-state index is 0.0888. The Morgan fingerprint density at radius 3 is 2.84 bits per heavy atom. The highest BCUT2D eigenvalue weighted by Gasteiger charge is 2.08. The predicted octanol–water partition coefficient (Wildman–Crippen LogP) is 2.03. The Balaban J connectivity index is 2.35. The summed E-state index contributed by atoms with van der Waals surface area (Å²) in [7, 11) is 0. The third kappa shape index (κ3) is 5.79. The summed E-state index contributed by atoms with van der Waals surface area (Å²) in [6.45, 7) is 2.49. The summed E-state index contributed by atoms with van der Waals surface area (Å²) < 4.78 is 26.2. The minimum atomic E-state index is -0.506. The molecule has 0 saturated heterocycles. The van der Waals surface area contributed by atoms with Crippen LogP contribution in [0.2, 0.25) is 0 Å². The van der Waals surface area contributed by atoms with Gasteiger partial charge in [-0.1, -0.05) is 6.92 Å². The Morgan fingerprint density at radius 1 is 1.42 bits per heavy atom. The first-order valence-corrected chi connectivity index (χ1v) is 6.34. The molecule has 0 radical (unpaired) electrons. The number of nitrogens with one attached hydrogen (secondary N) is 1. The van der Waals surface area contributed by atoms with Crippen molar-refractivity contribution in [2.24, 2.45) is 5.92 Å². The van der Waals surface area contributed by atoms with Crippen molar-refractivity contribution >= 4 is 5.91 Å². The lowest BCUT2D eigenvalue weighted by molar-refractivity contribution is -0.121. The highest BCUT2D eigenvalue weighted by molar-refractivity contribution is 5.76. The summed E-state index contributed by atoms with van der Waals surface area (Å²) in [4.78, 5) is 11.5. The van der Waals surface area contributed by atoms with Gasteiger partial charge in [-0.05, 0) is 42.5 Å². The second-order valence-electron chi connectivity index (χ2n) is 4.66. The van der Waals surface area contributed by atoms with Crippen LogP contribution < -0.4 is 5.32 Å². The lowest BCUT2D eigenvalue weighted by Crippen LogP contribution is -2.28. The summed E-state index contributed by atoms with van der Waals surface area (Å²) in [6, 6.07) is 3.22. The van der Waals surface area contributed by atoms with Crippen LogP contribution in [0, 0.1) is 17.6 Å². The fraction of sp³-hybridized carbons (Fsp3) is 0.500. The molecule has 1 atom stereocenters. The largest absolute Gasteiger partial charge is 0.396 e. The molecule has 1 unspecified atom stereocenters. The van der Waals surface area contributed by atoms with Crippen molar-refractivity contribution < 1.29 is 18.7 Å². The Bertz CT molecular complexity index is 424. The second kappa shape index (κ2) is 7.84. The third-order valence-electron chi connectivity index (χ3n) is 2.90. The Morgan fingerprint density at radius 2 is 2.16 bits per heavy atom. The Hall–Kier alpha value is -1.49. The van der Waals surface area contributed by atoms with E-state index < -0.39 is 11.6 Å². The van der Waals surface area contributed by atoms with Crippen molar-refractivity contribution in [2.75, 3.05) is 13.2 Å². The topological polar surface area (TPSA) is 49.3 Å². The fourth-order valence-electron chi connectivity index (χ4n) is 1.68. The molecule has 2 N–H and O–H groups in total. The molecule has 0 heterocycles. The molecule has 1 aromatic carbocycles. The van der Waals surface area contributed by atoms with Crippen LogP contribution in [-0.4, -0.2) is 24.2 Å². The third-order valence-corrected chi connectivity index (χ3v) is 2.90. The lowest BCUT2D eigenvalue weighted by Gasteiger charge is -2.11. The van der Waals surface area contributed by atoms with Gasteiger partial charge in [0.1, 0.15) is 11.6 Å². The van der Waals surface area contributed by atoms with Gasteiger partial charge in [-0.15, -0.1) is 0 Å². The highest BCUT2D eigenvalue weighted by atomic mass is 19.1. The van der Waals surface area contributed by atoms with E-state index in [0.717, 1.165) is 18.2 Å². The van der Waals surface area contributed by atoms with Crippen LogP contribution in [0.4, 0.5) is 8.78 Å². The number of aryl methyl sites for hydroxylation is 1. The molecule has 1 aromatic rings. The van der Waals surface area contributed by atoms with Crippen LogP contribution in [0.3, 0.4) is 0 Å². The van der Waals surface area contributed by atoms with Crippen LogP contribution in [0.15, 0.2) is 18.2 Å². The van der Waals surface area contributed by atoms with E-state index in [1.807, 2.05) is 6.92 Å². The van der Waals surface area contributed by atoms with E-state index in [2.05, 4.69) is 5.32 Å². The van der Waals surface area contributed by atoms with Crippen LogP contribution >= 0.6 is 0 Å². The van der Waals surface area contributed by atoms with Crippen molar-refractivity contribution in [2.45, 2.75) is 26.2 Å². The second-order valence-corrected chi connectivity index (χ2v) is 4.66. The quantitative estimate of drug-likeness (QED) is 0.797. The maximum atomic E-state index is 13.3. The van der Waals surface area contributed by atoms with Crippen molar-refractivity contribution in [3.8, 4) is 0 Å². The zero-order valence-corrected chi connectivity index (χ0v) is 11.0. The molecule has 0 aliphatic rings. The first-order valence-electron chi connectivity index (χ1n) is 6.34. The smallest absolute Gasteiger partial charge is 0.220 e. The van der Waals surface area contributed by atoms with E-state index in [0.29, 0.717) is 13.0 Å². The van der Waals surface area contributed by atoms with Crippen molar-refractivity contribution in [3.63, 3.8) is 0 Å².